The lowest BCUT2D eigenvalue weighted by Crippen LogP contribution is -3.00. The van der Waals surface area contributed by atoms with Crippen molar-refractivity contribution < 1.29 is 58.2 Å². The second-order valence-electron chi connectivity index (χ2n) is 9.32. The molecule has 1 fully saturated rings. The van der Waals surface area contributed by atoms with E-state index in [9.17, 15) is 28.1 Å². The van der Waals surface area contributed by atoms with Gasteiger partial charge in [0.1, 0.15) is 13.0 Å². The number of hydrogen-bond acceptors (Lipinski definition) is 10. The Morgan fingerprint density at radius 3 is 2.17 bits per heavy atom. The Labute approximate surface area is 247 Å². The van der Waals surface area contributed by atoms with E-state index in [4.69, 9.17) is 18.4 Å². The number of nitro groups is 1. The Hall–Kier alpha value is -2.78. The molecule has 13 nitrogen and oxygen atoms in total. The van der Waals surface area contributed by atoms with Crippen molar-refractivity contribution in [2.75, 3.05) is 39.1 Å². The molecule has 41 heavy (non-hydrogen) atoms. The molecule has 2 rings (SSSR count). The van der Waals surface area contributed by atoms with Gasteiger partial charge in [-0.3, -0.25) is 19.8 Å². The molecule has 0 aliphatic carbocycles. The molecule has 1 aromatic rings. The highest BCUT2D eigenvalue weighted by atomic mass is 35.5. The van der Waals surface area contributed by atoms with Gasteiger partial charge in [0.25, 0.3) is 5.69 Å². The van der Waals surface area contributed by atoms with Crippen molar-refractivity contribution in [3.8, 4) is 0 Å². The molecule has 15 heteroatoms. The second-order valence-corrected chi connectivity index (χ2v) is 10.9. The van der Waals surface area contributed by atoms with Crippen molar-refractivity contribution in [1.29, 1.82) is 0 Å². The maximum absolute atomic E-state index is 13.6. The van der Waals surface area contributed by atoms with Gasteiger partial charge in [-0.15, -0.1) is 0 Å². The molecule has 1 amide bonds. The number of likely N-dealkylation sites (tertiary alicyclic amines) is 1. The summed E-state index contributed by atoms with van der Waals surface area (Å²) in [5, 5.41) is 10.9. The number of hydrogen-bond donors (Lipinski definition) is 0. The van der Waals surface area contributed by atoms with Crippen LogP contribution in [-0.2, 0) is 44.7 Å². The third-order valence-corrected chi connectivity index (χ3v) is 7.50. The molecule has 232 valence electrons. The molecule has 0 saturated carbocycles. The number of non-ortho nitro benzene ring substituents is 1. The standard InChI is InChI=1S/C26H40N3O10S.ClH/c1-7-29(8-2,9-3)23-17-24(30)27(23)25(22(39-40(6,34)35)15-16-37-19(5)36-10-4)26(31)38-18-20-11-13-21(14-12-20)28(32)33;/h11-14,19,23H,7-10,15-18H2,1-6H3;1H/q+1;/p-1. The van der Waals surface area contributed by atoms with Crippen molar-refractivity contribution in [1.82, 2.24) is 4.90 Å². The minimum Gasteiger partial charge on any atom is -1.00 e. The topological polar surface area (TPSA) is 152 Å². The van der Waals surface area contributed by atoms with E-state index in [1.54, 1.807) is 13.8 Å². The lowest BCUT2D eigenvalue weighted by molar-refractivity contribution is -0.958. The van der Waals surface area contributed by atoms with Gasteiger partial charge in [0.2, 0.25) is 5.91 Å². The fourth-order valence-electron chi connectivity index (χ4n) is 4.68. The van der Waals surface area contributed by atoms with Crippen LogP contribution in [0.2, 0.25) is 0 Å². The van der Waals surface area contributed by atoms with Gasteiger partial charge in [-0.25, -0.2) is 4.79 Å². The highest BCUT2D eigenvalue weighted by molar-refractivity contribution is 7.86. The van der Waals surface area contributed by atoms with Crippen LogP contribution in [0, 0.1) is 10.1 Å². The van der Waals surface area contributed by atoms with E-state index in [-0.39, 0.29) is 61.5 Å². The Balaban J connectivity index is 0.00000840. The van der Waals surface area contributed by atoms with Crippen LogP contribution in [0.25, 0.3) is 0 Å². The Bertz CT molecular complexity index is 1180. The van der Waals surface area contributed by atoms with Crippen molar-refractivity contribution in [3.63, 3.8) is 0 Å². The van der Waals surface area contributed by atoms with Gasteiger partial charge >= 0.3 is 16.1 Å². The molecule has 0 N–H and O–H groups in total. The number of quaternary nitrogens is 1. The number of amides is 1. The van der Waals surface area contributed by atoms with Crippen LogP contribution in [-0.4, -0.2) is 86.2 Å². The number of carbonyl (C=O) groups is 2. The zero-order chi connectivity index (χ0) is 30.1. The quantitative estimate of drug-likeness (QED) is 0.0269. The van der Waals surface area contributed by atoms with Crippen LogP contribution in [0.1, 0.15) is 53.0 Å². The Morgan fingerprint density at radius 1 is 1.12 bits per heavy atom. The zero-order valence-corrected chi connectivity index (χ0v) is 25.9. The van der Waals surface area contributed by atoms with Gasteiger partial charge < -0.3 is 35.3 Å². The minimum absolute atomic E-state index is 0. The molecule has 0 aromatic heterocycles. The number of halogens is 1. The van der Waals surface area contributed by atoms with Gasteiger partial charge in [-0.2, -0.15) is 8.42 Å². The van der Waals surface area contributed by atoms with Crippen LogP contribution >= 0.6 is 0 Å². The first-order valence-electron chi connectivity index (χ1n) is 13.3. The lowest BCUT2D eigenvalue weighted by Gasteiger charge is -2.52. The number of β-lactam (4-membered cyclic amide) rings is 1. The smallest absolute Gasteiger partial charge is 0.359 e. The summed E-state index contributed by atoms with van der Waals surface area (Å²) in [6.45, 7) is 11.5. The summed E-state index contributed by atoms with van der Waals surface area (Å²) in [6.07, 6.45) is -0.177. The number of nitro benzene ring substituents is 1. The third-order valence-electron chi connectivity index (χ3n) is 7.00. The lowest BCUT2D eigenvalue weighted by atomic mass is 10.0. The van der Waals surface area contributed by atoms with Crippen LogP contribution in [0.5, 0.6) is 0 Å². The van der Waals surface area contributed by atoms with Gasteiger partial charge in [-0.1, -0.05) is 0 Å². The molecule has 1 aliphatic rings. The monoisotopic (exact) mass is 621 g/mol. The SMILES string of the molecule is CCOC(C)OCCC(OS(C)(=O)=O)=C(C(=O)OCc1ccc([N+](=O)[O-])cc1)N1C(=O)CC1[N+](CC)(CC)CC.[Cl-]. The first kappa shape index (κ1) is 36.2. The molecule has 1 aromatic carbocycles. The normalized spacial score (nSPS) is 16.7. The molecular weight excluding hydrogens is 582 g/mol. The van der Waals surface area contributed by atoms with E-state index in [0.717, 1.165) is 6.26 Å². The summed E-state index contributed by atoms with van der Waals surface area (Å²) in [4.78, 5) is 38.3. The van der Waals surface area contributed by atoms with E-state index in [2.05, 4.69) is 0 Å². The molecule has 0 radical (unpaired) electrons. The van der Waals surface area contributed by atoms with Crippen molar-refractivity contribution >= 4 is 27.7 Å². The van der Waals surface area contributed by atoms with Gasteiger partial charge in [-0.05, 0) is 52.3 Å². The summed E-state index contributed by atoms with van der Waals surface area (Å²) >= 11 is 0. The molecular formula is C26H40ClN3O10S. The van der Waals surface area contributed by atoms with Gasteiger partial charge in [0, 0.05) is 25.2 Å². The number of ether oxygens (including phenoxy) is 3. The van der Waals surface area contributed by atoms with Crippen LogP contribution < -0.4 is 12.4 Å². The van der Waals surface area contributed by atoms with E-state index in [0.29, 0.717) is 36.3 Å². The number of benzene rings is 1. The number of carbonyl (C=O) groups excluding carboxylic acids is 2. The van der Waals surface area contributed by atoms with Crippen molar-refractivity contribution in [3.05, 3.63) is 51.4 Å². The fourth-order valence-corrected chi connectivity index (χ4v) is 5.20. The molecule has 0 bridgehead atoms. The summed E-state index contributed by atoms with van der Waals surface area (Å²) in [7, 11) is -4.11. The van der Waals surface area contributed by atoms with E-state index in [1.807, 2.05) is 20.8 Å². The largest absolute Gasteiger partial charge is 1.00 e. The number of esters is 1. The summed E-state index contributed by atoms with van der Waals surface area (Å²) in [5.74, 6) is -1.61. The summed E-state index contributed by atoms with van der Waals surface area (Å²) in [5.41, 5.74) is 0.0340. The number of nitrogens with zero attached hydrogens (tertiary/aromatic N) is 3. The third kappa shape index (κ3) is 9.64. The van der Waals surface area contributed by atoms with Crippen LogP contribution in [0.4, 0.5) is 5.69 Å². The molecule has 1 heterocycles. The average Bonchev–Trinajstić information content (AvgIpc) is 2.90. The van der Waals surface area contributed by atoms with Gasteiger partial charge in [0.15, 0.2) is 23.9 Å². The highest BCUT2D eigenvalue weighted by Crippen LogP contribution is 2.36. The first-order chi connectivity index (χ1) is 18.8. The van der Waals surface area contributed by atoms with Crippen LogP contribution in [0.3, 0.4) is 0 Å². The van der Waals surface area contributed by atoms with E-state index >= 15 is 0 Å². The maximum Gasteiger partial charge on any atom is 0.359 e. The van der Waals surface area contributed by atoms with Crippen LogP contribution in [0.15, 0.2) is 35.7 Å². The predicted molar refractivity (Wildman–Crippen MR) is 145 cm³/mol. The Kier molecular flexibility index (Phi) is 14.2. The second kappa shape index (κ2) is 16.0. The van der Waals surface area contributed by atoms with Crippen molar-refractivity contribution in [2.24, 2.45) is 0 Å². The average molecular weight is 622 g/mol. The molecule has 0 spiro atoms. The number of rotatable bonds is 17. The van der Waals surface area contributed by atoms with Crippen molar-refractivity contribution in [2.45, 2.75) is 66.5 Å². The summed E-state index contributed by atoms with van der Waals surface area (Å²) in [6, 6.07) is 5.44. The zero-order valence-electron chi connectivity index (χ0n) is 24.3. The fraction of sp³-hybridized carbons (Fsp3) is 0.615. The van der Waals surface area contributed by atoms with E-state index < -0.39 is 33.5 Å². The molecule has 2 atom stereocenters. The van der Waals surface area contributed by atoms with E-state index in [1.165, 1.54) is 29.2 Å². The molecule has 2 unspecified atom stereocenters. The minimum atomic E-state index is -4.11. The Morgan fingerprint density at radius 2 is 1.71 bits per heavy atom. The predicted octanol–water partition coefficient (Wildman–Crippen LogP) is 0.0539. The summed E-state index contributed by atoms with van der Waals surface area (Å²) < 4.78 is 46.7. The van der Waals surface area contributed by atoms with Gasteiger partial charge in [0.05, 0.1) is 37.4 Å². The first-order valence-corrected chi connectivity index (χ1v) is 15.1. The molecule has 1 saturated heterocycles. The molecule has 1 aliphatic heterocycles. The highest BCUT2D eigenvalue weighted by Gasteiger charge is 2.53. The maximum atomic E-state index is 13.6.